The van der Waals surface area contributed by atoms with Crippen molar-refractivity contribution >= 4 is 45.7 Å². The fraction of sp³-hybridized carbons (Fsp3) is 0.0952. The average molecular weight is 412 g/mol. The maximum absolute atomic E-state index is 12.7. The molecule has 0 radical (unpaired) electrons. The molecule has 0 bridgehead atoms. The number of halogens is 2. The Labute approximate surface area is 170 Å². The molecule has 4 rings (SSSR count). The van der Waals surface area contributed by atoms with Gasteiger partial charge in [-0.1, -0.05) is 41.4 Å². The van der Waals surface area contributed by atoms with Gasteiger partial charge in [0.15, 0.2) is 0 Å². The lowest BCUT2D eigenvalue weighted by Crippen LogP contribution is -2.27. The molecule has 0 aliphatic rings. The van der Waals surface area contributed by atoms with Crippen LogP contribution in [0, 0.1) is 0 Å². The molecule has 2 heterocycles. The van der Waals surface area contributed by atoms with Crippen LogP contribution < -0.4 is 10.9 Å². The van der Waals surface area contributed by atoms with Gasteiger partial charge in [-0.25, -0.2) is 4.98 Å². The lowest BCUT2D eigenvalue weighted by atomic mass is 10.1. The maximum atomic E-state index is 12.7. The third kappa shape index (κ3) is 3.59. The Balaban J connectivity index is 1.58. The molecule has 0 saturated carbocycles. The zero-order chi connectivity index (χ0) is 19.7. The first-order valence-electron chi connectivity index (χ1n) is 8.66. The van der Waals surface area contributed by atoms with Crippen LogP contribution in [0.3, 0.4) is 0 Å². The Kier molecular flexibility index (Phi) is 5.03. The van der Waals surface area contributed by atoms with Gasteiger partial charge in [0.1, 0.15) is 5.65 Å². The molecule has 0 saturated heterocycles. The van der Waals surface area contributed by atoms with Crippen LogP contribution in [-0.2, 0) is 6.42 Å². The second kappa shape index (κ2) is 7.62. The van der Waals surface area contributed by atoms with E-state index in [1.165, 1.54) is 10.6 Å². The number of hydrogen-bond acceptors (Lipinski definition) is 3. The molecule has 0 unspecified atom stereocenters. The Bertz CT molecular complexity index is 1270. The van der Waals surface area contributed by atoms with Gasteiger partial charge in [0.2, 0.25) is 0 Å². The molecule has 1 amide bonds. The number of nitrogens with zero attached hydrogens (tertiary/aromatic N) is 2. The first-order valence-corrected chi connectivity index (χ1v) is 9.42. The van der Waals surface area contributed by atoms with Gasteiger partial charge in [-0.15, -0.1) is 0 Å². The zero-order valence-electron chi connectivity index (χ0n) is 14.7. The van der Waals surface area contributed by atoms with Gasteiger partial charge in [-0.05, 0) is 48.4 Å². The molecule has 2 aromatic carbocycles. The minimum absolute atomic E-state index is 0.248. The third-order valence-electron chi connectivity index (χ3n) is 4.47. The lowest BCUT2D eigenvalue weighted by molar-refractivity contribution is 0.0953. The Morgan fingerprint density at radius 3 is 2.71 bits per heavy atom. The highest BCUT2D eigenvalue weighted by molar-refractivity contribution is 6.31. The summed E-state index contributed by atoms with van der Waals surface area (Å²) in [4.78, 5) is 29.7. The number of aromatic nitrogens is 2. The van der Waals surface area contributed by atoms with Crippen molar-refractivity contribution in [1.29, 1.82) is 0 Å². The summed E-state index contributed by atoms with van der Waals surface area (Å²) in [5, 5.41) is 4.48. The van der Waals surface area contributed by atoms with Crippen LogP contribution in [0.15, 0.2) is 65.6 Å². The molecular formula is C21H15Cl2N3O2. The van der Waals surface area contributed by atoms with E-state index < -0.39 is 0 Å². The molecule has 0 aliphatic carbocycles. The molecule has 0 atom stereocenters. The SMILES string of the molecule is O=C(NCCc1ccccc1Cl)c1ccc2nc3cc(Cl)ccc3c(=O)n2c1. The summed E-state index contributed by atoms with van der Waals surface area (Å²) in [7, 11) is 0. The van der Waals surface area contributed by atoms with Crippen LogP contribution >= 0.6 is 23.2 Å². The molecule has 28 heavy (non-hydrogen) atoms. The number of hydrogen-bond donors (Lipinski definition) is 1. The highest BCUT2D eigenvalue weighted by Crippen LogP contribution is 2.17. The molecule has 7 heteroatoms. The molecule has 5 nitrogen and oxygen atoms in total. The standard InChI is InChI=1S/C21H15Cl2N3O2/c22-15-6-7-16-18(11-15)25-19-8-5-14(12-26(19)21(16)28)20(27)24-10-9-13-3-1-2-4-17(13)23/h1-8,11-12H,9-10H2,(H,24,27). The fourth-order valence-corrected chi connectivity index (χ4v) is 3.42. The minimum atomic E-state index is -0.267. The van der Waals surface area contributed by atoms with Crippen LogP contribution in [0.1, 0.15) is 15.9 Å². The predicted molar refractivity (Wildman–Crippen MR) is 111 cm³/mol. The van der Waals surface area contributed by atoms with Crippen molar-refractivity contribution in [3.05, 3.63) is 92.3 Å². The Morgan fingerprint density at radius 1 is 1.07 bits per heavy atom. The van der Waals surface area contributed by atoms with Gasteiger partial charge in [0.25, 0.3) is 11.5 Å². The molecule has 0 aliphatic heterocycles. The minimum Gasteiger partial charge on any atom is -0.352 e. The number of nitrogens with one attached hydrogen (secondary N) is 1. The number of fused-ring (bicyclic) bond motifs is 2. The van der Waals surface area contributed by atoms with E-state index >= 15 is 0 Å². The van der Waals surface area contributed by atoms with Crippen molar-refractivity contribution in [1.82, 2.24) is 14.7 Å². The number of pyridine rings is 1. The predicted octanol–water partition coefficient (Wildman–Crippen LogP) is 4.13. The van der Waals surface area contributed by atoms with Crippen molar-refractivity contribution in [3.8, 4) is 0 Å². The number of benzene rings is 2. The molecule has 0 spiro atoms. The topological polar surface area (TPSA) is 63.5 Å². The van der Waals surface area contributed by atoms with Gasteiger partial charge in [-0.2, -0.15) is 0 Å². The van der Waals surface area contributed by atoms with Gasteiger partial charge in [0.05, 0.1) is 16.5 Å². The maximum Gasteiger partial charge on any atom is 0.265 e. The summed E-state index contributed by atoms with van der Waals surface area (Å²) in [6.07, 6.45) is 2.12. The normalized spacial score (nSPS) is 11.1. The van der Waals surface area contributed by atoms with E-state index in [0.29, 0.717) is 45.1 Å². The van der Waals surface area contributed by atoms with E-state index in [-0.39, 0.29) is 11.5 Å². The van der Waals surface area contributed by atoms with Crippen LogP contribution in [0.5, 0.6) is 0 Å². The molecular weight excluding hydrogens is 397 g/mol. The first-order chi connectivity index (χ1) is 13.5. The first kappa shape index (κ1) is 18.5. The van der Waals surface area contributed by atoms with Crippen molar-refractivity contribution in [2.75, 3.05) is 6.54 Å². The summed E-state index contributed by atoms with van der Waals surface area (Å²) in [6, 6.07) is 15.7. The molecule has 140 valence electrons. The quantitative estimate of drug-likeness (QED) is 0.513. The average Bonchev–Trinajstić information content (AvgIpc) is 2.69. The van der Waals surface area contributed by atoms with Gasteiger partial charge < -0.3 is 5.32 Å². The van der Waals surface area contributed by atoms with E-state index in [9.17, 15) is 9.59 Å². The number of carbonyl (C=O) groups excluding carboxylic acids is 1. The Hall–Kier alpha value is -2.89. The van der Waals surface area contributed by atoms with Crippen LogP contribution in [-0.4, -0.2) is 21.8 Å². The summed E-state index contributed by atoms with van der Waals surface area (Å²) >= 11 is 12.1. The third-order valence-corrected chi connectivity index (χ3v) is 5.07. The van der Waals surface area contributed by atoms with E-state index in [1.807, 2.05) is 24.3 Å². The van der Waals surface area contributed by atoms with Crippen LogP contribution in [0.25, 0.3) is 16.6 Å². The van der Waals surface area contributed by atoms with Crippen molar-refractivity contribution < 1.29 is 4.79 Å². The van der Waals surface area contributed by atoms with E-state index in [2.05, 4.69) is 10.3 Å². The molecule has 4 aromatic rings. The van der Waals surface area contributed by atoms with Crippen molar-refractivity contribution in [2.24, 2.45) is 0 Å². The molecule has 2 aromatic heterocycles. The molecule has 0 fully saturated rings. The lowest BCUT2D eigenvalue weighted by Gasteiger charge is -2.08. The number of amides is 1. The largest absolute Gasteiger partial charge is 0.352 e. The number of rotatable bonds is 4. The monoisotopic (exact) mass is 411 g/mol. The van der Waals surface area contributed by atoms with E-state index in [4.69, 9.17) is 23.2 Å². The van der Waals surface area contributed by atoms with E-state index in [1.54, 1.807) is 30.3 Å². The Morgan fingerprint density at radius 2 is 1.89 bits per heavy atom. The van der Waals surface area contributed by atoms with E-state index in [0.717, 1.165) is 5.56 Å². The van der Waals surface area contributed by atoms with Gasteiger partial charge in [0, 0.05) is 22.8 Å². The second-order valence-electron chi connectivity index (χ2n) is 6.32. The second-order valence-corrected chi connectivity index (χ2v) is 7.17. The van der Waals surface area contributed by atoms with Crippen molar-refractivity contribution in [2.45, 2.75) is 6.42 Å². The summed E-state index contributed by atoms with van der Waals surface area (Å²) in [5.74, 6) is -0.267. The summed E-state index contributed by atoms with van der Waals surface area (Å²) in [5.41, 5.74) is 2.07. The summed E-state index contributed by atoms with van der Waals surface area (Å²) < 4.78 is 1.37. The number of carbonyl (C=O) groups is 1. The molecule has 1 N–H and O–H groups in total. The van der Waals surface area contributed by atoms with Gasteiger partial charge in [-0.3, -0.25) is 14.0 Å². The van der Waals surface area contributed by atoms with Crippen molar-refractivity contribution in [3.63, 3.8) is 0 Å². The van der Waals surface area contributed by atoms with Gasteiger partial charge >= 0.3 is 0 Å². The summed E-state index contributed by atoms with van der Waals surface area (Å²) in [6.45, 7) is 0.434. The smallest absolute Gasteiger partial charge is 0.265 e. The van der Waals surface area contributed by atoms with Crippen LogP contribution in [0.4, 0.5) is 0 Å². The zero-order valence-corrected chi connectivity index (χ0v) is 16.2. The highest BCUT2D eigenvalue weighted by Gasteiger charge is 2.10. The highest BCUT2D eigenvalue weighted by atomic mass is 35.5. The van der Waals surface area contributed by atoms with Crippen LogP contribution in [0.2, 0.25) is 10.0 Å². The fourth-order valence-electron chi connectivity index (χ4n) is 3.03.